The van der Waals surface area contributed by atoms with Crippen LogP contribution in [0.3, 0.4) is 0 Å². The Bertz CT molecular complexity index is 650. The fraction of sp³-hybridized carbons (Fsp3) is 0.688. The molecule has 2 saturated heterocycles. The van der Waals surface area contributed by atoms with E-state index >= 15 is 0 Å². The fourth-order valence-electron chi connectivity index (χ4n) is 3.81. The third kappa shape index (κ3) is 3.80. The van der Waals surface area contributed by atoms with E-state index in [1.54, 1.807) is 0 Å². The molecule has 2 fully saturated rings. The number of piperazine rings is 1. The molecule has 0 bridgehead atoms. The van der Waals surface area contributed by atoms with Gasteiger partial charge in [-0.3, -0.25) is 4.90 Å². The van der Waals surface area contributed by atoms with Gasteiger partial charge in [-0.25, -0.2) is 14.8 Å². The summed E-state index contributed by atoms with van der Waals surface area (Å²) in [6, 6.07) is 0.981. The van der Waals surface area contributed by atoms with Crippen molar-refractivity contribution < 1.29 is 9.90 Å². The highest BCUT2D eigenvalue weighted by molar-refractivity contribution is 6.32. The van der Waals surface area contributed by atoms with Gasteiger partial charge in [-0.05, 0) is 39.9 Å². The lowest BCUT2D eigenvalue weighted by molar-refractivity contribution is 0.0691. The molecule has 138 valence electrons. The molecular formula is C16H25ClN6O2. The average molecular weight is 369 g/mol. The van der Waals surface area contributed by atoms with E-state index in [9.17, 15) is 4.79 Å². The van der Waals surface area contributed by atoms with E-state index in [4.69, 9.17) is 22.4 Å². The average Bonchev–Trinajstić information content (AvgIpc) is 2.57. The van der Waals surface area contributed by atoms with Crippen LogP contribution in [-0.2, 0) is 0 Å². The number of rotatable bonds is 3. The van der Waals surface area contributed by atoms with Crippen molar-refractivity contribution in [2.45, 2.75) is 31.8 Å². The standard InChI is InChI=1S/C16H25ClN6O2/c1-10-9-22(7-8-23(10)11-3-5-21(2)6-4-11)15-13(17)19-12(16(24)25)14(18)20-15/h10-11H,3-9H2,1-2H3,(H2,18,20)(H,24,25). The van der Waals surface area contributed by atoms with Crippen LogP contribution in [0.15, 0.2) is 0 Å². The molecule has 0 radical (unpaired) electrons. The SMILES string of the molecule is CC1CN(c2nc(N)c(C(=O)O)nc2Cl)CCN1C1CCN(C)CC1. The summed E-state index contributed by atoms with van der Waals surface area (Å²) in [5.74, 6) is -0.852. The number of carbonyl (C=O) groups is 1. The van der Waals surface area contributed by atoms with Crippen LogP contribution in [0, 0.1) is 0 Å². The van der Waals surface area contributed by atoms with Gasteiger partial charge in [-0.1, -0.05) is 11.6 Å². The number of carboxylic acids is 1. The Balaban J connectivity index is 1.71. The molecule has 1 unspecified atom stereocenters. The van der Waals surface area contributed by atoms with Crippen LogP contribution in [0.4, 0.5) is 11.6 Å². The van der Waals surface area contributed by atoms with Crippen LogP contribution in [0.1, 0.15) is 30.3 Å². The number of piperidine rings is 1. The van der Waals surface area contributed by atoms with Crippen molar-refractivity contribution in [2.24, 2.45) is 0 Å². The van der Waals surface area contributed by atoms with Crippen LogP contribution in [0.5, 0.6) is 0 Å². The van der Waals surface area contributed by atoms with Gasteiger partial charge in [0, 0.05) is 31.7 Å². The zero-order chi connectivity index (χ0) is 18.1. The zero-order valence-corrected chi connectivity index (χ0v) is 15.4. The molecule has 9 heteroatoms. The molecule has 1 aromatic rings. The Hall–Kier alpha value is -1.64. The van der Waals surface area contributed by atoms with Crippen molar-refractivity contribution in [2.75, 3.05) is 50.4 Å². The van der Waals surface area contributed by atoms with Crippen LogP contribution in [0.2, 0.25) is 5.15 Å². The van der Waals surface area contributed by atoms with Gasteiger partial charge in [0.2, 0.25) is 0 Å². The number of halogens is 1. The smallest absolute Gasteiger partial charge is 0.358 e. The van der Waals surface area contributed by atoms with Crippen molar-refractivity contribution in [3.8, 4) is 0 Å². The lowest BCUT2D eigenvalue weighted by Crippen LogP contribution is -2.57. The first kappa shape index (κ1) is 18.2. The Morgan fingerprint density at radius 1 is 1.24 bits per heavy atom. The normalized spacial score (nSPS) is 23.8. The Kier molecular flexibility index (Phi) is 5.31. The summed E-state index contributed by atoms with van der Waals surface area (Å²) >= 11 is 6.17. The summed E-state index contributed by atoms with van der Waals surface area (Å²) in [5.41, 5.74) is 5.44. The minimum Gasteiger partial charge on any atom is -0.476 e. The van der Waals surface area contributed by atoms with E-state index in [0.717, 1.165) is 32.7 Å². The highest BCUT2D eigenvalue weighted by Gasteiger charge is 2.32. The van der Waals surface area contributed by atoms with Crippen LogP contribution in [0.25, 0.3) is 0 Å². The molecule has 3 heterocycles. The molecule has 1 aromatic heterocycles. The number of anilines is 2. The van der Waals surface area contributed by atoms with Crippen molar-refractivity contribution in [3.05, 3.63) is 10.8 Å². The van der Waals surface area contributed by atoms with Crippen molar-refractivity contribution in [1.29, 1.82) is 0 Å². The number of nitrogens with zero attached hydrogens (tertiary/aromatic N) is 5. The number of likely N-dealkylation sites (tertiary alicyclic amines) is 1. The fourth-order valence-corrected chi connectivity index (χ4v) is 4.06. The number of nitrogen functional groups attached to an aromatic ring is 1. The third-order valence-electron chi connectivity index (χ3n) is 5.20. The van der Waals surface area contributed by atoms with E-state index in [1.165, 1.54) is 12.8 Å². The molecule has 0 aliphatic carbocycles. The van der Waals surface area contributed by atoms with Gasteiger partial charge >= 0.3 is 5.97 Å². The number of aromatic nitrogens is 2. The quantitative estimate of drug-likeness (QED) is 0.815. The number of hydrogen-bond donors (Lipinski definition) is 2. The van der Waals surface area contributed by atoms with E-state index in [1.807, 2.05) is 4.90 Å². The summed E-state index contributed by atoms with van der Waals surface area (Å²) in [7, 11) is 2.17. The Labute approximate surface area is 152 Å². The summed E-state index contributed by atoms with van der Waals surface area (Å²) in [6.07, 6.45) is 2.39. The first-order valence-corrected chi connectivity index (χ1v) is 9.00. The molecule has 0 spiro atoms. The van der Waals surface area contributed by atoms with E-state index < -0.39 is 5.97 Å². The van der Waals surface area contributed by atoms with Crippen LogP contribution in [-0.4, -0.2) is 82.7 Å². The summed E-state index contributed by atoms with van der Waals surface area (Å²) in [5, 5.41) is 9.16. The first-order chi connectivity index (χ1) is 11.9. The largest absolute Gasteiger partial charge is 0.476 e. The molecule has 25 heavy (non-hydrogen) atoms. The minimum absolute atomic E-state index is 0.0894. The lowest BCUT2D eigenvalue weighted by atomic mass is 10.0. The molecule has 0 saturated carbocycles. The lowest BCUT2D eigenvalue weighted by Gasteiger charge is -2.46. The topological polar surface area (TPSA) is 98.8 Å². The maximum Gasteiger partial charge on any atom is 0.358 e. The van der Waals surface area contributed by atoms with E-state index in [2.05, 4.69) is 33.7 Å². The highest BCUT2D eigenvalue weighted by Crippen LogP contribution is 2.28. The van der Waals surface area contributed by atoms with Crippen molar-refractivity contribution in [1.82, 2.24) is 19.8 Å². The predicted molar refractivity (Wildman–Crippen MR) is 97.3 cm³/mol. The molecule has 2 aliphatic rings. The second kappa shape index (κ2) is 7.31. The highest BCUT2D eigenvalue weighted by atomic mass is 35.5. The minimum atomic E-state index is -1.22. The number of nitrogens with two attached hydrogens (primary N) is 1. The summed E-state index contributed by atoms with van der Waals surface area (Å²) in [4.78, 5) is 26.2. The number of aromatic carboxylic acids is 1. The predicted octanol–water partition coefficient (Wildman–Crippen LogP) is 1.02. The Morgan fingerprint density at radius 2 is 1.92 bits per heavy atom. The Morgan fingerprint density at radius 3 is 2.52 bits per heavy atom. The van der Waals surface area contributed by atoms with Gasteiger partial charge in [0.15, 0.2) is 22.5 Å². The molecule has 8 nitrogen and oxygen atoms in total. The monoisotopic (exact) mass is 368 g/mol. The maximum atomic E-state index is 11.1. The molecule has 1 atom stereocenters. The van der Waals surface area contributed by atoms with Crippen LogP contribution >= 0.6 is 11.6 Å². The maximum absolute atomic E-state index is 11.1. The van der Waals surface area contributed by atoms with Gasteiger partial charge < -0.3 is 20.6 Å². The zero-order valence-electron chi connectivity index (χ0n) is 14.7. The molecule has 3 rings (SSSR count). The second-order valence-corrected chi connectivity index (χ2v) is 7.30. The third-order valence-corrected chi connectivity index (χ3v) is 5.46. The van der Waals surface area contributed by atoms with Crippen molar-refractivity contribution >= 4 is 29.2 Å². The number of carboxylic acid groups (broad SMARTS) is 1. The van der Waals surface area contributed by atoms with Gasteiger partial charge in [0.05, 0.1) is 0 Å². The molecular weight excluding hydrogens is 344 g/mol. The molecule has 2 aliphatic heterocycles. The van der Waals surface area contributed by atoms with Crippen molar-refractivity contribution in [3.63, 3.8) is 0 Å². The summed E-state index contributed by atoms with van der Waals surface area (Å²) in [6.45, 7) is 6.96. The molecule has 3 N–H and O–H groups in total. The van der Waals surface area contributed by atoms with Gasteiger partial charge in [-0.2, -0.15) is 0 Å². The van der Waals surface area contributed by atoms with Gasteiger partial charge in [0.1, 0.15) is 0 Å². The van der Waals surface area contributed by atoms with E-state index in [-0.39, 0.29) is 16.7 Å². The van der Waals surface area contributed by atoms with E-state index in [0.29, 0.717) is 17.9 Å². The first-order valence-electron chi connectivity index (χ1n) is 8.62. The van der Waals surface area contributed by atoms with Gasteiger partial charge in [0.25, 0.3) is 0 Å². The molecule has 0 amide bonds. The van der Waals surface area contributed by atoms with Gasteiger partial charge in [-0.15, -0.1) is 0 Å². The number of hydrogen-bond acceptors (Lipinski definition) is 7. The second-order valence-electron chi connectivity index (χ2n) is 6.94. The summed E-state index contributed by atoms with van der Waals surface area (Å²) < 4.78 is 0. The van der Waals surface area contributed by atoms with Crippen LogP contribution < -0.4 is 10.6 Å². The molecule has 0 aromatic carbocycles.